The fourth-order valence-corrected chi connectivity index (χ4v) is 2.53. The van der Waals surface area contributed by atoms with E-state index in [0.717, 1.165) is 4.88 Å². The normalized spacial score (nSPS) is 15.4. The summed E-state index contributed by atoms with van der Waals surface area (Å²) in [6.45, 7) is 1.99. The molecule has 1 aliphatic heterocycles. The van der Waals surface area contributed by atoms with Gasteiger partial charge in [0.1, 0.15) is 0 Å². The lowest BCUT2D eigenvalue weighted by Crippen LogP contribution is -2.54. The van der Waals surface area contributed by atoms with Crippen LogP contribution >= 0.6 is 11.3 Å². The first-order valence-electron chi connectivity index (χ1n) is 5.74. The molecule has 0 aliphatic carbocycles. The Kier molecular flexibility index (Phi) is 2.97. The zero-order valence-electron chi connectivity index (χ0n) is 9.69. The van der Waals surface area contributed by atoms with Gasteiger partial charge in [0.2, 0.25) is 0 Å². The standard InChI is InChI=1S/C11H13N5OS/c17-11(12-6-10-2-1-5-18-10)15-7-9(8-15)16-4-3-13-14-16/h1-5,9H,6-8H2,(H,12,17). The number of hydrogen-bond acceptors (Lipinski definition) is 4. The zero-order valence-corrected chi connectivity index (χ0v) is 10.5. The molecule has 2 aromatic rings. The SMILES string of the molecule is O=C(NCc1cccs1)N1CC(n2ccnn2)C1. The largest absolute Gasteiger partial charge is 0.333 e. The average Bonchev–Trinajstić information content (AvgIpc) is 2.97. The van der Waals surface area contributed by atoms with E-state index in [1.165, 1.54) is 0 Å². The van der Waals surface area contributed by atoms with Crippen LogP contribution in [0.4, 0.5) is 4.79 Å². The van der Waals surface area contributed by atoms with E-state index in [1.54, 1.807) is 27.1 Å². The third-order valence-corrected chi connectivity index (χ3v) is 3.83. The first kappa shape index (κ1) is 11.2. The lowest BCUT2D eigenvalue weighted by Gasteiger charge is -2.38. The van der Waals surface area contributed by atoms with Crippen molar-refractivity contribution in [3.8, 4) is 0 Å². The number of amides is 2. The van der Waals surface area contributed by atoms with E-state index in [9.17, 15) is 4.79 Å². The molecule has 1 fully saturated rings. The van der Waals surface area contributed by atoms with E-state index in [-0.39, 0.29) is 12.1 Å². The van der Waals surface area contributed by atoms with Crippen molar-refractivity contribution in [2.24, 2.45) is 0 Å². The molecule has 0 saturated carbocycles. The van der Waals surface area contributed by atoms with Crippen molar-refractivity contribution < 1.29 is 4.79 Å². The molecule has 1 saturated heterocycles. The highest BCUT2D eigenvalue weighted by molar-refractivity contribution is 7.09. The van der Waals surface area contributed by atoms with Crippen LogP contribution < -0.4 is 5.32 Å². The number of nitrogens with zero attached hydrogens (tertiary/aromatic N) is 4. The molecular weight excluding hydrogens is 250 g/mol. The van der Waals surface area contributed by atoms with E-state index in [0.29, 0.717) is 19.6 Å². The maximum Gasteiger partial charge on any atom is 0.317 e. The number of likely N-dealkylation sites (tertiary alicyclic amines) is 1. The smallest absolute Gasteiger partial charge is 0.317 e. The van der Waals surface area contributed by atoms with Gasteiger partial charge in [-0.2, -0.15) is 0 Å². The van der Waals surface area contributed by atoms with Gasteiger partial charge in [-0.25, -0.2) is 9.48 Å². The van der Waals surface area contributed by atoms with Crippen LogP contribution in [0.2, 0.25) is 0 Å². The molecule has 1 N–H and O–H groups in total. The molecule has 0 radical (unpaired) electrons. The summed E-state index contributed by atoms with van der Waals surface area (Å²) >= 11 is 1.65. The van der Waals surface area contributed by atoms with Crippen molar-refractivity contribution >= 4 is 17.4 Å². The number of thiophene rings is 1. The van der Waals surface area contributed by atoms with Gasteiger partial charge in [0.25, 0.3) is 0 Å². The molecule has 6 nitrogen and oxygen atoms in total. The molecule has 7 heteroatoms. The molecule has 2 aromatic heterocycles. The summed E-state index contributed by atoms with van der Waals surface area (Å²) in [5.41, 5.74) is 0. The fourth-order valence-electron chi connectivity index (χ4n) is 1.89. The monoisotopic (exact) mass is 263 g/mol. The van der Waals surface area contributed by atoms with Crippen LogP contribution in [0.1, 0.15) is 10.9 Å². The topological polar surface area (TPSA) is 63.1 Å². The molecule has 0 unspecified atom stereocenters. The van der Waals surface area contributed by atoms with Crippen LogP contribution in [0.15, 0.2) is 29.9 Å². The Hall–Kier alpha value is -1.89. The second-order valence-corrected chi connectivity index (χ2v) is 5.21. The molecule has 0 spiro atoms. The summed E-state index contributed by atoms with van der Waals surface area (Å²) in [6, 6.07) is 4.25. The molecule has 3 rings (SSSR count). The predicted molar refractivity (Wildman–Crippen MR) is 67.2 cm³/mol. The summed E-state index contributed by atoms with van der Waals surface area (Å²) in [5, 5.41) is 12.6. The van der Waals surface area contributed by atoms with Crippen molar-refractivity contribution in [3.63, 3.8) is 0 Å². The number of aromatic nitrogens is 3. The van der Waals surface area contributed by atoms with Crippen molar-refractivity contribution in [2.45, 2.75) is 12.6 Å². The molecule has 0 bridgehead atoms. The van der Waals surface area contributed by atoms with Crippen molar-refractivity contribution in [1.29, 1.82) is 0 Å². The average molecular weight is 263 g/mol. The Labute approximate surface area is 108 Å². The Bertz CT molecular complexity index is 504. The van der Waals surface area contributed by atoms with Crippen LogP contribution in [-0.4, -0.2) is 39.0 Å². The molecule has 0 atom stereocenters. The van der Waals surface area contributed by atoms with Crippen molar-refractivity contribution in [3.05, 3.63) is 34.8 Å². The fraction of sp³-hybridized carbons (Fsp3) is 0.364. The van der Waals surface area contributed by atoms with Crippen LogP contribution in [0, 0.1) is 0 Å². The van der Waals surface area contributed by atoms with Crippen LogP contribution in [-0.2, 0) is 6.54 Å². The van der Waals surface area contributed by atoms with Gasteiger partial charge >= 0.3 is 6.03 Å². The van der Waals surface area contributed by atoms with Crippen LogP contribution in [0.25, 0.3) is 0 Å². The van der Waals surface area contributed by atoms with E-state index >= 15 is 0 Å². The molecule has 2 amide bonds. The third kappa shape index (κ3) is 2.21. The van der Waals surface area contributed by atoms with Gasteiger partial charge in [-0.3, -0.25) is 0 Å². The van der Waals surface area contributed by atoms with Gasteiger partial charge < -0.3 is 10.2 Å². The predicted octanol–water partition coefficient (Wildman–Crippen LogP) is 1.11. The Morgan fingerprint density at radius 3 is 3.11 bits per heavy atom. The van der Waals surface area contributed by atoms with E-state index in [1.807, 2.05) is 23.7 Å². The minimum atomic E-state index is -0.0141. The van der Waals surface area contributed by atoms with Gasteiger partial charge in [-0.15, -0.1) is 16.4 Å². The van der Waals surface area contributed by atoms with Crippen LogP contribution in [0.5, 0.6) is 0 Å². The van der Waals surface area contributed by atoms with Gasteiger partial charge in [-0.05, 0) is 11.4 Å². The van der Waals surface area contributed by atoms with E-state index < -0.39 is 0 Å². The molecule has 1 aliphatic rings. The molecule has 3 heterocycles. The van der Waals surface area contributed by atoms with E-state index in [4.69, 9.17) is 0 Å². The second kappa shape index (κ2) is 4.77. The Morgan fingerprint density at radius 1 is 1.56 bits per heavy atom. The Balaban J connectivity index is 1.45. The Morgan fingerprint density at radius 2 is 2.44 bits per heavy atom. The lowest BCUT2D eigenvalue weighted by atomic mass is 10.1. The quantitative estimate of drug-likeness (QED) is 0.902. The zero-order chi connectivity index (χ0) is 12.4. The second-order valence-electron chi connectivity index (χ2n) is 4.18. The molecule has 94 valence electrons. The van der Waals surface area contributed by atoms with Crippen LogP contribution in [0.3, 0.4) is 0 Å². The highest BCUT2D eigenvalue weighted by atomic mass is 32.1. The van der Waals surface area contributed by atoms with Crippen molar-refractivity contribution in [1.82, 2.24) is 25.2 Å². The minimum Gasteiger partial charge on any atom is -0.333 e. The maximum absolute atomic E-state index is 11.8. The summed E-state index contributed by atoms with van der Waals surface area (Å²) < 4.78 is 1.79. The number of rotatable bonds is 3. The van der Waals surface area contributed by atoms with Gasteiger partial charge in [-0.1, -0.05) is 11.3 Å². The number of carbonyl (C=O) groups excluding carboxylic acids is 1. The molecule has 0 aromatic carbocycles. The number of nitrogens with one attached hydrogen (secondary N) is 1. The molecule has 18 heavy (non-hydrogen) atoms. The first-order chi connectivity index (χ1) is 8.83. The van der Waals surface area contributed by atoms with Gasteiger partial charge in [0.15, 0.2) is 0 Å². The van der Waals surface area contributed by atoms with Crippen molar-refractivity contribution in [2.75, 3.05) is 13.1 Å². The first-order valence-corrected chi connectivity index (χ1v) is 6.62. The van der Waals surface area contributed by atoms with E-state index in [2.05, 4.69) is 15.6 Å². The lowest BCUT2D eigenvalue weighted by molar-refractivity contribution is 0.117. The summed E-state index contributed by atoms with van der Waals surface area (Å²) in [7, 11) is 0. The highest BCUT2D eigenvalue weighted by Gasteiger charge is 2.32. The third-order valence-electron chi connectivity index (χ3n) is 2.96. The van der Waals surface area contributed by atoms with Gasteiger partial charge in [0.05, 0.1) is 18.8 Å². The minimum absolute atomic E-state index is 0.0141. The maximum atomic E-state index is 11.8. The highest BCUT2D eigenvalue weighted by Crippen LogP contribution is 2.19. The molecular formula is C11H13N5OS. The van der Waals surface area contributed by atoms with Gasteiger partial charge in [0, 0.05) is 24.2 Å². The number of hydrogen-bond donors (Lipinski definition) is 1. The summed E-state index contributed by atoms with van der Waals surface area (Å²) in [4.78, 5) is 14.8. The summed E-state index contributed by atoms with van der Waals surface area (Å²) in [6.07, 6.45) is 3.48. The number of carbonyl (C=O) groups is 1. The summed E-state index contributed by atoms with van der Waals surface area (Å²) in [5.74, 6) is 0. The number of urea groups is 1.